The van der Waals surface area contributed by atoms with Gasteiger partial charge in [0.25, 0.3) is 0 Å². The molecule has 1 fully saturated rings. The number of amides is 1. The molecule has 0 aromatic heterocycles. The molecule has 1 saturated heterocycles. The van der Waals surface area contributed by atoms with Crippen LogP contribution in [0.3, 0.4) is 0 Å². The second kappa shape index (κ2) is 6.29. The van der Waals surface area contributed by atoms with E-state index in [0.29, 0.717) is 5.03 Å². The largest absolute Gasteiger partial charge is 0.469 e. The summed E-state index contributed by atoms with van der Waals surface area (Å²) in [4.78, 5) is 33.6. The Morgan fingerprint density at radius 1 is 1.53 bits per heavy atom. The maximum atomic E-state index is 11.4. The molecule has 0 saturated carbocycles. The van der Waals surface area contributed by atoms with E-state index in [0.717, 1.165) is 11.8 Å². The lowest BCUT2D eigenvalue weighted by Gasteiger charge is -2.02. The second-order valence-electron chi connectivity index (χ2n) is 3.14. The molecule has 1 aliphatic heterocycles. The molecule has 1 heterocycles. The molecule has 1 atom stereocenters. The summed E-state index contributed by atoms with van der Waals surface area (Å²) in [5, 5.41) is 2.34. The van der Waals surface area contributed by atoms with E-state index in [1.54, 1.807) is 6.92 Å². The highest BCUT2D eigenvalue weighted by molar-refractivity contribution is 8.04. The van der Waals surface area contributed by atoms with Crippen LogP contribution in [0.2, 0.25) is 0 Å². The van der Waals surface area contributed by atoms with Crippen molar-refractivity contribution in [1.29, 1.82) is 0 Å². The normalized spacial score (nSPS) is 21.2. The van der Waals surface area contributed by atoms with E-state index < -0.39 is 17.2 Å². The molecular weight excluding hydrogens is 246 g/mol. The zero-order valence-corrected chi connectivity index (χ0v) is 10.3. The van der Waals surface area contributed by atoms with Crippen LogP contribution in [0.4, 0.5) is 0 Å². The highest BCUT2D eigenvalue weighted by Crippen LogP contribution is 2.29. The van der Waals surface area contributed by atoms with Crippen LogP contribution < -0.4 is 5.32 Å². The van der Waals surface area contributed by atoms with Crippen LogP contribution >= 0.6 is 11.8 Å². The van der Waals surface area contributed by atoms with Crippen molar-refractivity contribution in [2.24, 2.45) is 0 Å². The Bertz CT molecular complexity index is 366. The fourth-order valence-corrected chi connectivity index (χ4v) is 2.18. The summed E-state index contributed by atoms with van der Waals surface area (Å²) in [6, 6.07) is 0. The monoisotopic (exact) mass is 259 g/mol. The van der Waals surface area contributed by atoms with Gasteiger partial charge in [-0.2, -0.15) is 0 Å². The van der Waals surface area contributed by atoms with Crippen LogP contribution in [0.15, 0.2) is 11.1 Å². The van der Waals surface area contributed by atoms with Gasteiger partial charge in [-0.15, -0.1) is 0 Å². The summed E-state index contributed by atoms with van der Waals surface area (Å²) in [6.45, 7) is 1.96. The van der Waals surface area contributed by atoms with Crippen LogP contribution in [0.5, 0.6) is 0 Å². The number of carbonyl (C=O) groups excluding carboxylic acids is 3. The first-order valence-corrected chi connectivity index (χ1v) is 5.87. The maximum absolute atomic E-state index is 11.4. The zero-order valence-electron chi connectivity index (χ0n) is 9.52. The zero-order chi connectivity index (χ0) is 12.8. The molecule has 0 aromatic rings. The number of ether oxygens (including phenoxy) is 2. The second-order valence-corrected chi connectivity index (χ2v) is 4.38. The molecule has 0 aliphatic carbocycles. The minimum absolute atomic E-state index is 0.0207. The van der Waals surface area contributed by atoms with Crippen molar-refractivity contribution in [2.75, 3.05) is 13.7 Å². The van der Waals surface area contributed by atoms with E-state index in [-0.39, 0.29) is 18.9 Å². The van der Waals surface area contributed by atoms with Crippen molar-refractivity contribution in [3.8, 4) is 0 Å². The van der Waals surface area contributed by atoms with Gasteiger partial charge in [0.05, 0.1) is 31.2 Å². The Morgan fingerprint density at radius 2 is 2.24 bits per heavy atom. The van der Waals surface area contributed by atoms with Gasteiger partial charge in [-0.1, -0.05) is 11.8 Å². The first kappa shape index (κ1) is 13.6. The highest BCUT2D eigenvalue weighted by atomic mass is 32.2. The smallest absolute Gasteiger partial charge is 0.333 e. The van der Waals surface area contributed by atoms with E-state index >= 15 is 0 Å². The Hall–Kier alpha value is -1.50. The van der Waals surface area contributed by atoms with Gasteiger partial charge in [-0.25, -0.2) is 4.79 Å². The van der Waals surface area contributed by atoms with Crippen LogP contribution in [-0.2, 0) is 23.9 Å². The number of methoxy groups -OCH3 is 1. The minimum Gasteiger partial charge on any atom is -0.469 e. The molecule has 6 nitrogen and oxygen atoms in total. The van der Waals surface area contributed by atoms with Gasteiger partial charge >= 0.3 is 11.9 Å². The summed E-state index contributed by atoms with van der Waals surface area (Å²) in [6.07, 6.45) is 1.18. The van der Waals surface area contributed by atoms with Crippen LogP contribution in [0.1, 0.15) is 13.3 Å². The van der Waals surface area contributed by atoms with E-state index in [4.69, 9.17) is 4.74 Å². The highest BCUT2D eigenvalue weighted by Gasteiger charge is 2.31. The van der Waals surface area contributed by atoms with Gasteiger partial charge in [0.1, 0.15) is 5.25 Å². The molecule has 1 aliphatic rings. The summed E-state index contributed by atoms with van der Waals surface area (Å²) in [7, 11) is 1.26. The number of carbonyl (C=O) groups is 3. The molecule has 1 unspecified atom stereocenters. The fraction of sp³-hybridized carbons (Fsp3) is 0.500. The lowest BCUT2D eigenvalue weighted by atomic mass is 10.3. The Kier molecular flexibility index (Phi) is 5.02. The van der Waals surface area contributed by atoms with Gasteiger partial charge in [-0.05, 0) is 6.92 Å². The van der Waals surface area contributed by atoms with Crippen LogP contribution in [-0.4, -0.2) is 36.8 Å². The average molecular weight is 259 g/mol. The maximum Gasteiger partial charge on any atom is 0.333 e. The number of nitrogens with one attached hydrogen (secondary N) is 1. The molecule has 7 heteroatoms. The van der Waals surface area contributed by atoms with Crippen molar-refractivity contribution in [1.82, 2.24) is 5.32 Å². The predicted molar refractivity (Wildman–Crippen MR) is 60.9 cm³/mol. The number of rotatable bonds is 4. The van der Waals surface area contributed by atoms with Gasteiger partial charge in [0, 0.05) is 0 Å². The van der Waals surface area contributed by atoms with Gasteiger partial charge in [0.15, 0.2) is 0 Å². The van der Waals surface area contributed by atoms with E-state index in [1.165, 1.54) is 13.2 Å². The van der Waals surface area contributed by atoms with E-state index in [2.05, 4.69) is 10.1 Å². The third-order valence-corrected chi connectivity index (χ3v) is 3.06. The summed E-state index contributed by atoms with van der Waals surface area (Å²) >= 11 is 1.12. The average Bonchev–Trinajstić information content (AvgIpc) is 2.59. The first-order valence-electron chi connectivity index (χ1n) is 4.99. The molecule has 1 N–H and O–H groups in total. The van der Waals surface area contributed by atoms with Gasteiger partial charge in [-0.3, -0.25) is 9.59 Å². The lowest BCUT2D eigenvalue weighted by Crippen LogP contribution is -2.24. The SMILES string of the molecule is CCOC(=O)/C=C1/NC(=O)C(CC(=O)OC)S1. The van der Waals surface area contributed by atoms with Crippen LogP contribution in [0, 0.1) is 0 Å². The predicted octanol–water partition coefficient (Wildman–Crippen LogP) is 0.186. The summed E-state index contributed by atoms with van der Waals surface area (Å²) < 4.78 is 9.18. The van der Waals surface area contributed by atoms with Crippen molar-refractivity contribution in [2.45, 2.75) is 18.6 Å². The number of hydrogen-bond acceptors (Lipinski definition) is 6. The molecule has 1 amide bonds. The first-order chi connectivity index (χ1) is 8.06. The number of thioether (sulfide) groups is 1. The standard InChI is InChI=1S/C10H13NO5S/c1-3-16-9(13)5-7-11-10(14)6(17-7)4-8(12)15-2/h5-6H,3-4H2,1-2H3,(H,11,14)/b7-5-. The number of hydrogen-bond donors (Lipinski definition) is 1. The van der Waals surface area contributed by atoms with E-state index in [1.807, 2.05) is 0 Å². The quantitative estimate of drug-likeness (QED) is 0.573. The molecule has 17 heavy (non-hydrogen) atoms. The van der Waals surface area contributed by atoms with Gasteiger partial charge in [0.2, 0.25) is 5.91 Å². The summed E-state index contributed by atoms with van der Waals surface area (Å²) in [5.74, 6) is -1.29. The molecule has 1 rings (SSSR count). The van der Waals surface area contributed by atoms with Crippen molar-refractivity contribution in [3.05, 3.63) is 11.1 Å². The molecule has 0 bridgehead atoms. The van der Waals surface area contributed by atoms with E-state index in [9.17, 15) is 14.4 Å². The van der Waals surface area contributed by atoms with Crippen molar-refractivity contribution >= 4 is 29.6 Å². The summed E-state index contributed by atoms with van der Waals surface area (Å²) in [5.41, 5.74) is 0. The van der Waals surface area contributed by atoms with Crippen molar-refractivity contribution < 1.29 is 23.9 Å². The third kappa shape index (κ3) is 4.10. The topological polar surface area (TPSA) is 81.7 Å². The molecule has 0 spiro atoms. The third-order valence-electron chi connectivity index (χ3n) is 1.92. The molecular formula is C10H13NO5S. The number of esters is 2. The van der Waals surface area contributed by atoms with Gasteiger partial charge < -0.3 is 14.8 Å². The molecule has 0 radical (unpaired) electrons. The van der Waals surface area contributed by atoms with Crippen LogP contribution in [0.25, 0.3) is 0 Å². The van der Waals surface area contributed by atoms with Crippen molar-refractivity contribution in [3.63, 3.8) is 0 Å². The minimum atomic E-state index is -0.553. The lowest BCUT2D eigenvalue weighted by molar-refractivity contribution is -0.141. The Balaban J connectivity index is 2.57. The Morgan fingerprint density at radius 3 is 2.82 bits per heavy atom. The molecule has 94 valence electrons. The molecule has 0 aromatic carbocycles. The fourth-order valence-electron chi connectivity index (χ4n) is 1.17. The Labute approximate surface area is 103 Å².